The zero-order valence-electron chi connectivity index (χ0n) is 8.79. The van der Waals surface area contributed by atoms with Crippen LogP contribution in [-0.4, -0.2) is 15.0 Å². The van der Waals surface area contributed by atoms with Crippen LogP contribution < -0.4 is 5.32 Å². The Bertz CT molecular complexity index is 562. The molecule has 0 radical (unpaired) electrons. The summed E-state index contributed by atoms with van der Waals surface area (Å²) >= 11 is 14.5. The fraction of sp³-hybridized carbons (Fsp3) is 0.100. The van der Waals surface area contributed by atoms with E-state index in [1.165, 1.54) is 6.07 Å². The van der Waals surface area contributed by atoms with Gasteiger partial charge in [-0.25, -0.2) is 4.39 Å². The first kappa shape index (κ1) is 13.5. The van der Waals surface area contributed by atoms with Gasteiger partial charge in [-0.3, -0.25) is 0 Å². The van der Waals surface area contributed by atoms with Crippen LogP contribution in [0.5, 0.6) is 0 Å². The summed E-state index contributed by atoms with van der Waals surface area (Å²) in [6.45, 7) is 0.210. The van der Waals surface area contributed by atoms with Crippen LogP contribution in [0, 0.1) is 5.82 Å². The van der Waals surface area contributed by atoms with Crippen molar-refractivity contribution in [2.75, 3.05) is 5.32 Å². The molecule has 0 spiro atoms. The van der Waals surface area contributed by atoms with Crippen LogP contribution in [0.15, 0.2) is 22.7 Å². The van der Waals surface area contributed by atoms with E-state index >= 15 is 0 Å². The Balaban J connectivity index is 2.13. The highest BCUT2D eigenvalue weighted by Crippen LogP contribution is 2.17. The number of rotatable bonds is 3. The van der Waals surface area contributed by atoms with Crippen molar-refractivity contribution < 1.29 is 4.39 Å². The highest BCUT2D eigenvalue weighted by molar-refractivity contribution is 9.10. The maximum atomic E-state index is 13.5. The van der Waals surface area contributed by atoms with E-state index in [1.807, 2.05) is 0 Å². The van der Waals surface area contributed by atoms with Crippen molar-refractivity contribution in [3.05, 3.63) is 44.6 Å². The molecular formula is C10H6BrCl2FN4. The van der Waals surface area contributed by atoms with E-state index in [0.29, 0.717) is 5.56 Å². The van der Waals surface area contributed by atoms with Gasteiger partial charge in [0.05, 0.1) is 0 Å². The van der Waals surface area contributed by atoms with Crippen molar-refractivity contribution in [2.24, 2.45) is 0 Å². The van der Waals surface area contributed by atoms with Gasteiger partial charge in [0, 0.05) is 16.6 Å². The third-order valence-electron chi connectivity index (χ3n) is 2.03. The molecule has 1 aromatic heterocycles. The van der Waals surface area contributed by atoms with Gasteiger partial charge in [-0.1, -0.05) is 15.9 Å². The van der Waals surface area contributed by atoms with Crippen molar-refractivity contribution in [3.8, 4) is 0 Å². The monoisotopic (exact) mass is 350 g/mol. The van der Waals surface area contributed by atoms with Crippen LogP contribution in [0.2, 0.25) is 10.6 Å². The molecule has 0 aliphatic carbocycles. The molecule has 0 unspecified atom stereocenters. The second-order valence-corrected chi connectivity index (χ2v) is 4.88. The Kier molecular flexibility index (Phi) is 4.31. The molecule has 1 N–H and O–H groups in total. The first-order valence-electron chi connectivity index (χ1n) is 4.79. The zero-order chi connectivity index (χ0) is 13.1. The molecule has 0 aliphatic heterocycles. The van der Waals surface area contributed by atoms with Gasteiger partial charge in [0.15, 0.2) is 0 Å². The summed E-state index contributed by atoms with van der Waals surface area (Å²) in [5.41, 5.74) is 0.469. The number of halogens is 4. The van der Waals surface area contributed by atoms with Crippen molar-refractivity contribution in [1.82, 2.24) is 15.0 Å². The number of benzene rings is 1. The largest absolute Gasteiger partial charge is 0.350 e. The molecule has 0 atom stereocenters. The van der Waals surface area contributed by atoms with Crippen LogP contribution in [0.1, 0.15) is 5.56 Å². The van der Waals surface area contributed by atoms with Crippen LogP contribution in [0.4, 0.5) is 10.3 Å². The highest BCUT2D eigenvalue weighted by atomic mass is 79.9. The van der Waals surface area contributed by atoms with E-state index in [2.05, 4.69) is 36.2 Å². The molecule has 1 aromatic carbocycles. The third kappa shape index (κ3) is 3.51. The molecule has 0 aliphatic rings. The minimum Gasteiger partial charge on any atom is -0.350 e. The Morgan fingerprint density at radius 1 is 1.17 bits per heavy atom. The van der Waals surface area contributed by atoms with Crippen molar-refractivity contribution >= 4 is 45.1 Å². The lowest BCUT2D eigenvalue weighted by Crippen LogP contribution is -2.06. The molecule has 94 valence electrons. The number of nitrogens with one attached hydrogen (secondary N) is 1. The van der Waals surface area contributed by atoms with Crippen LogP contribution >= 0.6 is 39.1 Å². The number of nitrogens with zero attached hydrogens (tertiary/aromatic N) is 3. The molecule has 0 bridgehead atoms. The van der Waals surface area contributed by atoms with E-state index in [4.69, 9.17) is 23.2 Å². The van der Waals surface area contributed by atoms with Gasteiger partial charge >= 0.3 is 0 Å². The minimum atomic E-state index is -0.322. The SMILES string of the molecule is Fc1ccc(Br)cc1CNc1nc(Cl)nc(Cl)n1. The smallest absolute Gasteiger partial charge is 0.228 e. The van der Waals surface area contributed by atoms with Crippen molar-refractivity contribution in [1.29, 1.82) is 0 Å². The molecule has 1 heterocycles. The van der Waals surface area contributed by atoms with Crippen LogP contribution in [0.3, 0.4) is 0 Å². The molecule has 4 nitrogen and oxygen atoms in total. The fourth-order valence-electron chi connectivity index (χ4n) is 1.26. The standard InChI is InChI=1S/C10H6BrCl2FN4/c11-6-1-2-7(14)5(3-6)4-15-10-17-8(12)16-9(13)18-10/h1-3H,4H2,(H,15,16,17,18). The lowest BCUT2D eigenvalue weighted by molar-refractivity contribution is 0.612. The molecule has 18 heavy (non-hydrogen) atoms. The minimum absolute atomic E-state index is 0.0211. The van der Waals surface area contributed by atoms with Gasteiger partial charge in [0.1, 0.15) is 5.82 Å². The van der Waals surface area contributed by atoms with Gasteiger partial charge in [-0.2, -0.15) is 15.0 Å². The Hall–Kier alpha value is -0.980. The van der Waals surface area contributed by atoms with E-state index in [9.17, 15) is 4.39 Å². The lowest BCUT2D eigenvalue weighted by atomic mass is 10.2. The predicted molar refractivity (Wildman–Crippen MR) is 71.3 cm³/mol. The molecule has 0 saturated carbocycles. The van der Waals surface area contributed by atoms with Gasteiger partial charge in [-0.05, 0) is 41.4 Å². The van der Waals surface area contributed by atoms with Gasteiger partial charge in [0.2, 0.25) is 16.5 Å². The van der Waals surface area contributed by atoms with Gasteiger partial charge in [-0.15, -0.1) is 0 Å². The van der Waals surface area contributed by atoms with Crippen molar-refractivity contribution in [3.63, 3.8) is 0 Å². The average Bonchev–Trinajstić information content (AvgIpc) is 2.29. The first-order chi connectivity index (χ1) is 8.54. The Morgan fingerprint density at radius 3 is 2.50 bits per heavy atom. The predicted octanol–water partition coefficient (Wildman–Crippen LogP) is 3.69. The maximum absolute atomic E-state index is 13.5. The second-order valence-electron chi connectivity index (χ2n) is 3.29. The Morgan fingerprint density at radius 2 is 1.83 bits per heavy atom. The van der Waals surface area contributed by atoms with E-state index < -0.39 is 0 Å². The van der Waals surface area contributed by atoms with Crippen LogP contribution in [-0.2, 0) is 6.54 Å². The van der Waals surface area contributed by atoms with Crippen molar-refractivity contribution in [2.45, 2.75) is 6.54 Å². The quantitative estimate of drug-likeness (QED) is 0.916. The summed E-state index contributed by atoms with van der Waals surface area (Å²) in [6, 6.07) is 4.65. The number of anilines is 1. The summed E-state index contributed by atoms with van der Waals surface area (Å²) in [5, 5.41) is 2.78. The molecular weight excluding hydrogens is 346 g/mol. The number of hydrogen-bond acceptors (Lipinski definition) is 4. The topological polar surface area (TPSA) is 50.7 Å². The number of hydrogen-bond donors (Lipinski definition) is 1. The van der Waals surface area contributed by atoms with Crippen LogP contribution in [0.25, 0.3) is 0 Å². The third-order valence-corrected chi connectivity index (χ3v) is 2.86. The maximum Gasteiger partial charge on any atom is 0.228 e. The summed E-state index contributed by atoms with van der Waals surface area (Å²) in [7, 11) is 0. The summed E-state index contributed by atoms with van der Waals surface area (Å²) < 4.78 is 14.2. The summed E-state index contributed by atoms with van der Waals surface area (Å²) in [4.78, 5) is 11.2. The molecule has 2 rings (SSSR count). The molecule has 2 aromatic rings. The average molecular weight is 352 g/mol. The highest BCUT2D eigenvalue weighted by Gasteiger charge is 2.06. The molecule has 0 amide bonds. The van der Waals surface area contributed by atoms with E-state index in [0.717, 1.165) is 4.47 Å². The molecule has 0 fully saturated rings. The van der Waals surface area contributed by atoms with E-state index in [1.54, 1.807) is 12.1 Å². The Labute approximate surface area is 121 Å². The molecule has 8 heteroatoms. The van der Waals surface area contributed by atoms with E-state index in [-0.39, 0.29) is 28.9 Å². The lowest BCUT2D eigenvalue weighted by Gasteiger charge is -2.06. The number of aromatic nitrogens is 3. The zero-order valence-corrected chi connectivity index (χ0v) is 11.9. The summed E-state index contributed by atoms with van der Waals surface area (Å²) in [6.07, 6.45) is 0. The second kappa shape index (κ2) is 5.77. The van der Waals surface area contributed by atoms with Gasteiger partial charge < -0.3 is 5.32 Å². The first-order valence-corrected chi connectivity index (χ1v) is 6.34. The fourth-order valence-corrected chi connectivity index (χ4v) is 2.03. The summed E-state index contributed by atoms with van der Waals surface area (Å²) in [5.74, 6) is -0.128. The normalized spacial score (nSPS) is 10.4. The van der Waals surface area contributed by atoms with Gasteiger partial charge in [0.25, 0.3) is 0 Å². The molecule has 0 saturated heterocycles.